The molecule has 1 aromatic rings. The van der Waals surface area contributed by atoms with Crippen molar-refractivity contribution in [2.75, 3.05) is 19.2 Å². The van der Waals surface area contributed by atoms with Crippen LogP contribution in [0.4, 0.5) is 5.82 Å². The quantitative estimate of drug-likeness (QED) is 0.300. The number of rotatable bonds is 5. The number of aliphatic hydroxyl groups is 2. The molecular formula is C13H17N3O7. The first-order chi connectivity index (χ1) is 11.0. The second-order valence-electron chi connectivity index (χ2n) is 4.84. The van der Waals surface area contributed by atoms with Gasteiger partial charge in [0.2, 0.25) is 0 Å². The van der Waals surface area contributed by atoms with Crippen LogP contribution < -0.4 is 11.2 Å². The van der Waals surface area contributed by atoms with Gasteiger partial charge in [0.15, 0.2) is 12.0 Å². The van der Waals surface area contributed by atoms with Crippen LogP contribution in [0.5, 0.6) is 0 Å². The Balaban J connectivity index is 2.39. The zero-order valence-electron chi connectivity index (χ0n) is 12.2. The third-order valence-electron chi connectivity index (χ3n) is 3.33. The van der Waals surface area contributed by atoms with Crippen molar-refractivity contribution in [1.82, 2.24) is 9.55 Å². The van der Waals surface area contributed by atoms with Crippen molar-refractivity contribution in [2.45, 2.75) is 24.9 Å². The van der Waals surface area contributed by atoms with Crippen LogP contribution >= 0.6 is 0 Å². The summed E-state index contributed by atoms with van der Waals surface area (Å²) >= 11 is 0. The van der Waals surface area contributed by atoms with Crippen LogP contribution in [0.15, 0.2) is 17.1 Å². The van der Waals surface area contributed by atoms with Gasteiger partial charge in [0.1, 0.15) is 6.10 Å². The lowest BCUT2D eigenvalue weighted by Crippen LogP contribution is -2.32. The van der Waals surface area contributed by atoms with E-state index in [1.807, 2.05) is 0 Å². The number of aliphatic hydroxyl groups excluding tert-OH is 2. The SMILES string of the molecule is COC(=O)/C=C/c1cn([C@@H]2O[C@H](CO)C[C@H]2O)c(=O)nc1NO. The normalized spacial score (nSPS) is 24.1. The third-order valence-corrected chi connectivity index (χ3v) is 3.33. The molecule has 2 heterocycles. The maximum atomic E-state index is 12.0. The van der Waals surface area contributed by atoms with Gasteiger partial charge in [-0.15, -0.1) is 0 Å². The molecule has 126 valence electrons. The number of carbonyl (C=O) groups is 1. The van der Waals surface area contributed by atoms with Gasteiger partial charge in [0.05, 0.1) is 19.8 Å². The van der Waals surface area contributed by atoms with Crippen LogP contribution in [0.2, 0.25) is 0 Å². The van der Waals surface area contributed by atoms with Gasteiger partial charge in [0.25, 0.3) is 0 Å². The Hall–Kier alpha value is -2.27. The number of hydrogen-bond acceptors (Lipinski definition) is 9. The summed E-state index contributed by atoms with van der Waals surface area (Å²) < 4.78 is 10.9. The molecule has 0 aliphatic carbocycles. The summed E-state index contributed by atoms with van der Waals surface area (Å²) in [6.07, 6.45) is 1.17. The predicted molar refractivity (Wildman–Crippen MR) is 76.6 cm³/mol. The van der Waals surface area contributed by atoms with E-state index < -0.39 is 30.1 Å². The molecule has 1 aliphatic heterocycles. The number of carbonyl (C=O) groups excluding carboxylic acids is 1. The fourth-order valence-electron chi connectivity index (χ4n) is 2.20. The Morgan fingerprint density at radius 3 is 2.96 bits per heavy atom. The lowest BCUT2D eigenvalue weighted by Gasteiger charge is -2.18. The first kappa shape index (κ1) is 17.1. The lowest BCUT2D eigenvalue weighted by molar-refractivity contribution is -0.134. The van der Waals surface area contributed by atoms with Crippen molar-refractivity contribution in [3.8, 4) is 0 Å². The molecule has 10 nitrogen and oxygen atoms in total. The summed E-state index contributed by atoms with van der Waals surface area (Å²) in [5, 5.41) is 28.1. The maximum absolute atomic E-state index is 12.0. The van der Waals surface area contributed by atoms with Crippen LogP contribution in [0.3, 0.4) is 0 Å². The molecule has 0 saturated carbocycles. The number of methoxy groups -OCH3 is 1. The van der Waals surface area contributed by atoms with Crippen molar-refractivity contribution in [1.29, 1.82) is 0 Å². The molecule has 1 aromatic heterocycles. The number of hydrogen-bond donors (Lipinski definition) is 4. The van der Waals surface area contributed by atoms with Crippen LogP contribution in [-0.4, -0.2) is 56.9 Å². The topological polar surface area (TPSA) is 143 Å². The minimum absolute atomic E-state index is 0.168. The molecule has 1 aliphatic rings. The molecule has 1 fully saturated rings. The van der Waals surface area contributed by atoms with E-state index in [9.17, 15) is 14.7 Å². The van der Waals surface area contributed by atoms with Crippen LogP contribution in [0.1, 0.15) is 18.2 Å². The lowest BCUT2D eigenvalue weighted by atomic mass is 10.2. The van der Waals surface area contributed by atoms with Crippen LogP contribution in [0, 0.1) is 0 Å². The van der Waals surface area contributed by atoms with Gasteiger partial charge in [-0.25, -0.2) is 9.59 Å². The standard InChI is InChI=1S/C13H17N3O7/c1-22-10(19)3-2-7-5-16(13(20)14-11(7)15-21)12-9(18)4-8(6-17)23-12/h2-3,5,8-9,12,17-18,21H,4,6H2,1H3,(H,14,15,20)/b3-2+/t8-,9+,12+/m0/s1. The predicted octanol–water partition coefficient (Wildman–Crippen LogP) is -1.13. The molecule has 0 radical (unpaired) electrons. The molecule has 10 heteroatoms. The van der Waals surface area contributed by atoms with Crippen molar-refractivity contribution in [3.05, 3.63) is 28.3 Å². The molecule has 4 N–H and O–H groups in total. The van der Waals surface area contributed by atoms with Crippen LogP contribution in [0.25, 0.3) is 6.08 Å². The highest BCUT2D eigenvalue weighted by atomic mass is 16.5. The van der Waals surface area contributed by atoms with Gasteiger partial charge < -0.3 is 19.7 Å². The second kappa shape index (κ2) is 7.33. The number of nitrogens with zero attached hydrogens (tertiary/aromatic N) is 2. The van der Waals surface area contributed by atoms with Gasteiger partial charge in [0, 0.05) is 24.3 Å². The maximum Gasteiger partial charge on any atom is 0.351 e. The molecule has 0 unspecified atom stereocenters. The van der Waals surface area contributed by atoms with E-state index in [1.54, 1.807) is 5.48 Å². The highest BCUT2D eigenvalue weighted by molar-refractivity contribution is 5.87. The van der Waals surface area contributed by atoms with E-state index in [4.69, 9.17) is 15.1 Å². The molecule has 0 spiro atoms. The van der Waals surface area contributed by atoms with E-state index in [0.29, 0.717) is 0 Å². The Morgan fingerprint density at radius 1 is 1.65 bits per heavy atom. The van der Waals surface area contributed by atoms with Crippen molar-refractivity contribution in [3.63, 3.8) is 0 Å². The van der Waals surface area contributed by atoms with E-state index >= 15 is 0 Å². The van der Waals surface area contributed by atoms with E-state index in [-0.39, 0.29) is 24.4 Å². The second-order valence-corrected chi connectivity index (χ2v) is 4.84. The first-order valence-electron chi connectivity index (χ1n) is 6.73. The highest BCUT2D eigenvalue weighted by Crippen LogP contribution is 2.28. The van der Waals surface area contributed by atoms with E-state index in [2.05, 4.69) is 9.72 Å². The molecule has 0 amide bonds. The zero-order chi connectivity index (χ0) is 17.0. The highest BCUT2D eigenvalue weighted by Gasteiger charge is 2.35. The van der Waals surface area contributed by atoms with Gasteiger partial charge in [-0.05, 0) is 6.08 Å². The molecule has 3 atom stereocenters. The average molecular weight is 327 g/mol. The fourth-order valence-corrected chi connectivity index (χ4v) is 2.20. The Labute approximate surface area is 130 Å². The average Bonchev–Trinajstić information content (AvgIpc) is 2.93. The largest absolute Gasteiger partial charge is 0.466 e. The van der Waals surface area contributed by atoms with E-state index in [0.717, 1.165) is 10.6 Å². The summed E-state index contributed by atoms with van der Waals surface area (Å²) in [6.45, 7) is -0.291. The molecule has 1 saturated heterocycles. The summed E-state index contributed by atoms with van der Waals surface area (Å²) in [4.78, 5) is 26.8. The third kappa shape index (κ3) is 3.74. The molecule has 0 bridgehead atoms. The molecule has 0 aromatic carbocycles. The molecular weight excluding hydrogens is 310 g/mol. The zero-order valence-corrected chi connectivity index (χ0v) is 12.2. The Morgan fingerprint density at radius 2 is 2.39 bits per heavy atom. The van der Waals surface area contributed by atoms with Gasteiger partial charge in [-0.1, -0.05) is 0 Å². The summed E-state index contributed by atoms with van der Waals surface area (Å²) in [6, 6.07) is 0. The number of anilines is 1. The van der Waals surface area contributed by atoms with Gasteiger partial charge in [-0.2, -0.15) is 4.98 Å². The minimum atomic E-state index is -1.02. The van der Waals surface area contributed by atoms with Gasteiger partial charge in [-0.3, -0.25) is 15.3 Å². The number of ether oxygens (including phenoxy) is 2. The fraction of sp³-hybridized carbons (Fsp3) is 0.462. The Kier molecular flexibility index (Phi) is 5.45. The molecule has 23 heavy (non-hydrogen) atoms. The smallest absolute Gasteiger partial charge is 0.351 e. The summed E-state index contributed by atoms with van der Waals surface area (Å²) in [7, 11) is 1.20. The summed E-state index contributed by atoms with van der Waals surface area (Å²) in [5.41, 5.74) is 1.17. The van der Waals surface area contributed by atoms with Crippen LogP contribution in [-0.2, 0) is 14.3 Å². The Bertz CT molecular complexity index is 657. The van der Waals surface area contributed by atoms with Crippen molar-refractivity contribution >= 4 is 17.9 Å². The number of esters is 1. The minimum Gasteiger partial charge on any atom is -0.466 e. The number of aromatic nitrogens is 2. The van der Waals surface area contributed by atoms with E-state index in [1.165, 1.54) is 19.4 Å². The van der Waals surface area contributed by atoms with Crippen molar-refractivity contribution < 1.29 is 29.7 Å². The van der Waals surface area contributed by atoms with Gasteiger partial charge >= 0.3 is 11.7 Å². The number of nitrogens with one attached hydrogen (secondary N) is 1. The first-order valence-corrected chi connectivity index (χ1v) is 6.73. The summed E-state index contributed by atoms with van der Waals surface area (Å²) in [5.74, 6) is -0.804. The van der Waals surface area contributed by atoms with Crippen molar-refractivity contribution in [2.24, 2.45) is 0 Å². The molecule has 2 rings (SSSR count). The monoisotopic (exact) mass is 327 g/mol.